The van der Waals surface area contributed by atoms with Gasteiger partial charge in [0, 0.05) is 12.5 Å². The highest BCUT2D eigenvalue weighted by Gasteiger charge is 2.14. The third kappa shape index (κ3) is 2.56. The van der Waals surface area contributed by atoms with Crippen molar-refractivity contribution in [2.75, 3.05) is 13.2 Å². The summed E-state index contributed by atoms with van der Waals surface area (Å²) in [6, 6.07) is 6.33. The number of fused-ring (bicyclic) bond motifs is 1. The molecule has 0 saturated carbocycles. The van der Waals surface area contributed by atoms with Gasteiger partial charge in [-0.2, -0.15) is 0 Å². The number of hydrogen-bond acceptors (Lipinski definition) is 2. The van der Waals surface area contributed by atoms with E-state index in [9.17, 15) is 0 Å². The highest BCUT2D eigenvalue weighted by Crippen LogP contribution is 2.29. The van der Waals surface area contributed by atoms with Gasteiger partial charge >= 0.3 is 0 Å². The van der Waals surface area contributed by atoms with Crippen LogP contribution in [-0.2, 0) is 12.8 Å². The summed E-state index contributed by atoms with van der Waals surface area (Å²) >= 11 is 0. The quantitative estimate of drug-likeness (QED) is 0.845. The van der Waals surface area contributed by atoms with Crippen LogP contribution in [0.1, 0.15) is 30.9 Å². The van der Waals surface area contributed by atoms with Crippen molar-refractivity contribution in [2.24, 2.45) is 5.92 Å². The monoisotopic (exact) mass is 220 g/mol. The lowest BCUT2D eigenvalue weighted by molar-refractivity contribution is 0.173. The van der Waals surface area contributed by atoms with Gasteiger partial charge in [0.25, 0.3) is 0 Å². The van der Waals surface area contributed by atoms with Crippen LogP contribution in [-0.4, -0.2) is 18.3 Å². The molecule has 0 saturated heterocycles. The molecule has 0 aliphatic heterocycles. The summed E-state index contributed by atoms with van der Waals surface area (Å²) in [7, 11) is 0. The van der Waals surface area contributed by atoms with Crippen molar-refractivity contribution >= 4 is 0 Å². The standard InChI is InChI=1S/C14H20O2/c1-11(9-15)10-16-14-8-4-6-12-5-2-3-7-13(12)14/h4,6,8,11,15H,2-3,5,7,9-10H2,1H3. The first-order chi connectivity index (χ1) is 7.81. The van der Waals surface area contributed by atoms with Crippen LogP contribution in [0.4, 0.5) is 0 Å². The van der Waals surface area contributed by atoms with Crippen LogP contribution < -0.4 is 4.74 Å². The Hall–Kier alpha value is -1.02. The first-order valence-electron chi connectivity index (χ1n) is 6.15. The Kier molecular flexibility index (Phi) is 3.83. The van der Waals surface area contributed by atoms with E-state index >= 15 is 0 Å². The third-order valence-electron chi connectivity index (χ3n) is 3.19. The lowest BCUT2D eigenvalue weighted by Gasteiger charge is -2.20. The van der Waals surface area contributed by atoms with Crippen LogP contribution in [0.2, 0.25) is 0 Å². The molecule has 2 rings (SSSR count). The summed E-state index contributed by atoms with van der Waals surface area (Å²) in [6.07, 6.45) is 4.88. The van der Waals surface area contributed by atoms with E-state index in [1.165, 1.54) is 30.4 Å². The molecule has 2 nitrogen and oxygen atoms in total. The molecule has 1 atom stereocenters. The Morgan fingerprint density at radius 2 is 2.12 bits per heavy atom. The van der Waals surface area contributed by atoms with Gasteiger partial charge in [0.2, 0.25) is 0 Å². The van der Waals surface area contributed by atoms with E-state index in [1.54, 1.807) is 0 Å². The van der Waals surface area contributed by atoms with Gasteiger partial charge in [0.15, 0.2) is 0 Å². The van der Waals surface area contributed by atoms with Gasteiger partial charge in [0.05, 0.1) is 6.61 Å². The second-order valence-corrected chi connectivity index (χ2v) is 4.70. The fourth-order valence-electron chi connectivity index (χ4n) is 2.17. The Balaban J connectivity index is 2.08. The topological polar surface area (TPSA) is 29.5 Å². The first-order valence-corrected chi connectivity index (χ1v) is 6.15. The van der Waals surface area contributed by atoms with E-state index in [2.05, 4.69) is 12.1 Å². The van der Waals surface area contributed by atoms with E-state index in [0.717, 1.165) is 12.2 Å². The zero-order valence-corrected chi connectivity index (χ0v) is 9.91. The molecule has 2 heteroatoms. The SMILES string of the molecule is CC(CO)COc1cccc2c1CCCC2. The molecule has 1 aliphatic rings. The number of aryl methyl sites for hydroxylation is 1. The summed E-state index contributed by atoms with van der Waals surface area (Å²) in [6.45, 7) is 2.79. The zero-order chi connectivity index (χ0) is 11.4. The molecule has 88 valence electrons. The predicted octanol–water partition coefficient (Wildman–Crippen LogP) is 2.57. The minimum atomic E-state index is 0.190. The number of aliphatic hydroxyl groups excluding tert-OH is 1. The minimum absolute atomic E-state index is 0.190. The number of benzene rings is 1. The summed E-state index contributed by atoms with van der Waals surface area (Å²) < 4.78 is 5.80. The maximum absolute atomic E-state index is 8.97. The molecule has 16 heavy (non-hydrogen) atoms. The summed E-state index contributed by atoms with van der Waals surface area (Å²) in [5, 5.41) is 8.97. The smallest absolute Gasteiger partial charge is 0.122 e. The summed E-state index contributed by atoms with van der Waals surface area (Å²) in [5.41, 5.74) is 2.83. The van der Waals surface area contributed by atoms with E-state index in [0.29, 0.717) is 6.61 Å². The highest BCUT2D eigenvalue weighted by atomic mass is 16.5. The van der Waals surface area contributed by atoms with Gasteiger partial charge in [-0.1, -0.05) is 19.1 Å². The fraction of sp³-hybridized carbons (Fsp3) is 0.571. The van der Waals surface area contributed by atoms with Gasteiger partial charge in [0.1, 0.15) is 5.75 Å². The second kappa shape index (κ2) is 5.35. The number of ether oxygens (including phenoxy) is 1. The maximum Gasteiger partial charge on any atom is 0.122 e. The van der Waals surface area contributed by atoms with Crippen LogP contribution in [0.5, 0.6) is 5.75 Å². The van der Waals surface area contributed by atoms with E-state index in [4.69, 9.17) is 9.84 Å². The van der Waals surface area contributed by atoms with Crippen LogP contribution in [0.3, 0.4) is 0 Å². The number of aliphatic hydroxyl groups is 1. The van der Waals surface area contributed by atoms with Crippen molar-refractivity contribution in [1.29, 1.82) is 0 Å². The Morgan fingerprint density at radius 1 is 1.31 bits per heavy atom. The van der Waals surface area contributed by atoms with Gasteiger partial charge in [-0.3, -0.25) is 0 Å². The van der Waals surface area contributed by atoms with Gasteiger partial charge in [-0.05, 0) is 42.9 Å². The van der Waals surface area contributed by atoms with Crippen molar-refractivity contribution < 1.29 is 9.84 Å². The zero-order valence-electron chi connectivity index (χ0n) is 9.91. The van der Waals surface area contributed by atoms with Crippen molar-refractivity contribution in [2.45, 2.75) is 32.6 Å². The summed E-state index contributed by atoms with van der Waals surface area (Å²) in [4.78, 5) is 0. The van der Waals surface area contributed by atoms with Crippen LogP contribution in [0.25, 0.3) is 0 Å². The fourth-order valence-corrected chi connectivity index (χ4v) is 2.17. The first kappa shape index (κ1) is 11.5. The Bertz CT molecular complexity index is 347. The molecule has 1 aromatic rings. The predicted molar refractivity (Wildman–Crippen MR) is 64.8 cm³/mol. The molecular weight excluding hydrogens is 200 g/mol. The van der Waals surface area contributed by atoms with Gasteiger partial charge in [-0.15, -0.1) is 0 Å². The average Bonchev–Trinajstić information content (AvgIpc) is 2.35. The molecule has 1 aromatic carbocycles. The lowest BCUT2D eigenvalue weighted by Crippen LogP contribution is -2.14. The molecule has 0 fully saturated rings. The maximum atomic E-state index is 8.97. The van der Waals surface area contributed by atoms with Crippen LogP contribution in [0.15, 0.2) is 18.2 Å². The molecule has 0 spiro atoms. The van der Waals surface area contributed by atoms with Crippen molar-refractivity contribution in [3.05, 3.63) is 29.3 Å². The summed E-state index contributed by atoms with van der Waals surface area (Å²) in [5.74, 6) is 1.23. The van der Waals surface area contributed by atoms with Gasteiger partial charge < -0.3 is 9.84 Å². The molecule has 0 aromatic heterocycles. The average molecular weight is 220 g/mol. The molecule has 0 bridgehead atoms. The molecule has 0 heterocycles. The van der Waals surface area contributed by atoms with Crippen molar-refractivity contribution in [3.63, 3.8) is 0 Å². The van der Waals surface area contributed by atoms with Crippen molar-refractivity contribution in [3.8, 4) is 5.75 Å². The number of hydrogen-bond donors (Lipinski definition) is 1. The van der Waals surface area contributed by atoms with Gasteiger partial charge in [-0.25, -0.2) is 0 Å². The number of rotatable bonds is 4. The largest absolute Gasteiger partial charge is 0.493 e. The van der Waals surface area contributed by atoms with E-state index < -0.39 is 0 Å². The highest BCUT2D eigenvalue weighted by molar-refractivity contribution is 5.41. The van der Waals surface area contributed by atoms with Crippen LogP contribution in [0, 0.1) is 5.92 Å². The van der Waals surface area contributed by atoms with E-state index in [-0.39, 0.29) is 12.5 Å². The molecule has 1 N–H and O–H groups in total. The lowest BCUT2D eigenvalue weighted by atomic mass is 9.91. The van der Waals surface area contributed by atoms with E-state index in [1.807, 2.05) is 13.0 Å². The van der Waals surface area contributed by atoms with Crippen molar-refractivity contribution in [1.82, 2.24) is 0 Å². The molecule has 1 unspecified atom stereocenters. The Morgan fingerprint density at radius 3 is 2.94 bits per heavy atom. The Labute approximate surface area is 97.3 Å². The normalized spacial score (nSPS) is 16.6. The molecular formula is C14H20O2. The minimum Gasteiger partial charge on any atom is -0.493 e. The van der Waals surface area contributed by atoms with Crippen LogP contribution >= 0.6 is 0 Å². The second-order valence-electron chi connectivity index (χ2n) is 4.70. The molecule has 1 aliphatic carbocycles. The molecule has 0 radical (unpaired) electrons. The third-order valence-corrected chi connectivity index (χ3v) is 3.19. The molecule has 0 amide bonds.